The number of hydrogen-bond donors (Lipinski definition) is 0. The van der Waals surface area contributed by atoms with Crippen molar-refractivity contribution in [3.05, 3.63) is 94.5 Å². The number of carboxylic acid groups (broad SMARTS) is 1. The van der Waals surface area contributed by atoms with Gasteiger partial charge in [0.15, 0.2) is 0 Å². The van der Waals surface area contributed by atoms with Gasteiger partial charge in [0.1, 0.15) is 18.1 Å². The summed E-state index contributed by atoms with van der Waals surface area (Å²) in [6.07, 6.45) is 0.919. The molecular formula is C30H32NNaO4S. The zero-order chi connectivity index (χ0) is 24.6. The van der Waals surface area contributed by atoms with E-state index in [2.05, 4.69) is 53.1 Å². The molecule has 0 bridgehead atoms. The van der Waals surface area contributed by atoms with E-state index >= 15 is 0 Å². The van der Waals surface area contributed by atoms with Crippen molar-refractivity contribution in [2.24, 2.45) is 0 Å². The standard InChI is InChI=1S/C30H31NO4.Na.H2S/c1-3-4-25(18-30(32)33)24-9-12-28(13-10-24)35-21-23-7-5-22(6-8-23)19-31-16-15-26-17-29(34-2)14-11-27(26)20-31;;/h5-14,17,25H,15-16,18-21H2,1-2H3,(H,32,33);;1H2/q;+1;/p-1/t25-;;/m0../s1. The minimum absolute atomic E-state index is 0. The zero-order valence-corrected chi connectivity index (χ0v) is 24.8. The van der Waals surface area contributed by atoms with E-state index in [-0.39, 0.29) is 55.4 Å². The first kappa shape index (κ1) is 30.8. The molecule has 0 N–H and O–H groups in total. The summed E-state index contributed by atoms with van der Waals surface area (Å²) in [6, 6.07) is 22.4. The zero-order valence-electron chi connectivity index (χ0n) is 21.8. The van der Waals surface area contributed by atoms with Gasteiger partial charge < -0.3 is 19.4 Å². The maximum atomic E-state index is 11.0. The molecule has 1 aliphatic rings. The molecule has 0 spiro atoms. The molecule has 3 aromatic carbocycles. The van der Waals surface area contributed by atoms with Crippen LogP contribution < -0.4 is 44.1 Å². The topological polar surface area (TPSA) is 61.8 Å². The minimum atomic E-state index is -1.10. The molecule has 0 aliphatic carbocycles. The van der Waals surface area contributed by atoms with Crippen molar-refractivity contribution in [2.75, 3.05) is 13.7 Å². The van der Waals surface area contributed by atoms with E-state index in [1.54, 1.807) is 14.0 Å². The van der Waals surface area contributed by atoms with Crippen LogP contribution in [0.2, 0.25) is 0 Å². The SMILES string of the molecule is CC#C[C@@H](CC(=O)[O-])c1ccc(OCc2ccc(CN3CCc4cc(OC)ccc4C3)cc2)cc1.S.[Na+]. The summed E-state index contributed by atoms with van der Waals surface area (Å²) in [5.41, 5.74) is 5.99. The monoisotopic (exact) mass is 525 g/mol. The van der Waals surface area contributed by atoms with Gasteiger partial charge in [0.05, 0.1) is 13.0 Å². The third kappa shape index (κ3) is 8.84. The number of ether oxygens (including phenoxy) is 2. The average Bonchev–Trinajstić information content (AvgIpc) is 2.88. The number of methoxy groups -OCH3 is 1. The van der Waals surface area contributed by atoms with Gasteiger partial charge in [-0.3, -0.25) is 4.90 Å². The number of carbonyl (C=O) groups excluding carboxylic acids is 1. The van der Waals surface area contributed by atoms with Gasteiger partial charge in [-0.05, 0) is 65.4 Å². The minimum Gasteiger partial charge on any atom is -0.550 e. The van der Waals surface area contributed by atoms with E-state index in [0.717, 1.165) is 48.7 Å². The molecule has 1 heterocycles. The molecule has 37 heavy (non-hydrogen) atoms. The second-order valence-electron chi connectivity index (χ2n) is 8.79. The van der Waals surface area contributed by atoms with E-state index in [4.69, 9.17) is 9.47 Å². The van der Waals surface area contributed by atoms with Crippen molar-refractivity contribution in [3.63, 3.8) is 0 Å². The Labute approximate surface area is 248 Å². The van der Waals surface area contributed by atoms with Crippen LogP contribution >= 0.6 is 13.5 Å². The second kappa shape index (κ2) is 15.1. The van der Waals surface area contributed by atoms with E-state index in [0.29, 0.717) is 6.61 Å². The first-order valence-electron chi connectivity index (χ1n) is 11.8. The number of benzene rings is 3. The molecule has 0 aromatic heterocycles. The second-order valence-corrected chi connectivity index (χ2v) is 8.79. The van der Waals surface area contributed by atoms with Crippen LogP contribution in [-0.4, -0.2) is 24.5 Å². The van der Waals surface area contributed by atoms with E-state index in [1.165, 1.54) is 16.7 Å². The molecule has 1 atom stereocenters. The number of carbonyl (C=O) groups is 1. The summed E-state index contributed by atoms with van der Waals surface area (Å²) in [6.45, 7) is 5.08. The van der Waals surface area contributed by atoms with Crippen LogP contribution in [0, 0.1) is 11.8 Å². The number of aliphatic carboxylic acids is 1. The molecule has 5 nitrogen and oxygen atoms in total. The van der Waals surface area contributed by atoms with Crippen LogP contribution in [0.5, 0.6) is 11.5 Å². The number of hydrogen-bond acceptors (Lipinski definition) is 5. The molecule has 4 rings (SSSR count). The molecule has 188 valence electrons. The Balaban J connectivity index is 0.00000241. The number of carboxylic acids is 1. The van der Waals surface area contributed by atoms with Crippen molar-refractivity contribution in [1.82, 2.24) is 4.90 Å². The fourth-order valence-electron chi connectivity index (χ4n) is 4.40. The van der Waals surface area contributed by atoms with Gasteiger partial charge in [0.2, 0.25) is 0 Å². The van der Waals surface area contributed by atoms with Crippen LogP contribution in [0.3, 0.4) is 0 Å². The largest absolute Gasteiger partial charge is 1.00 e. The van der Waals surface area contributed by atoms with Gasteiger partial charge in [0.25, 0.3) is 0 Å². The summed E-state index contributed by atoms with van der Waals surface area (Å²) >= 11 is 0. The predicted molar refractivity (Wildman–Crippen MR) is 144 cm³/mol. The molecular weight excluding hydrogens is 493 g/mol. The predicted octanol–water partition coefficient (Wildman–Crippen LogP) is 1.20. The molecule has 1 aliphatic heterocycles. The molecule has 0 fully saturated rings. The Morgan fingerprint density at radius 1 is 1.00 bits per heavy atom. The van der Waals surface area contributed by atoms with Crippen LogP contribution in [0.25, 0.3) is 0 Å². The van der Waals surface area contributed by atoms with E-state index in [9.17, 15) is 9.90 Å². The van der Waals surface area contributed by atoms with Gasteiger partial charge in [0, 0.05) is 32.0 Å². The van der Waals surface area contributed by atoms with E-state index in [1.807, 2.05) is 30.3 Å². The van der Waals surface area contributed by atoms with Crippen LogP contribution in [0.1, 0.15) is 47.1 Å². The molecule has 0 saturated carbocycles. The quantitative estimate of drug-likeness (QED) is 0.310. The van der Waals surface area contributed by atoms with Gasteiger partial charge >= 0.3 is 29.6 Å². The van der Waals surface area contributed by atoms with Crippen LogP contribution in [0.15, 0.2) is 66.7 Å². The molecule has 0 unspecified atom stereocenters. The van der Waals surface area contributed by atoms with Gasteiger partial charge in [-0.1, -0.05) is 48.4 Å². The van der Waals surface area contributed by atoms with E-state index < -0.39 is 5.97 Å². The molecule has 7 heteroatoms. The summed E-state index contributed by atoms with van der Waals surface area (Å²) < 4.78 is 11.3. The van der Waals surface area contributed by atoms with Crippen molar-refractivity contribution in [2.45, 2.75) is 45.4 Å². The average molecular weight is 526 g/mol. The first-order chi connectivity index (χ1) is 17.0. The molecule has 0 amide bonds. The number of rotatable bonds is 9. The van der Waals surface area contributed by atoms with Gasteiger partial charge in [-0.15, -0.1) is 5.92 Å². The Kier molecular flexibility index (Phi) is 12.6. The number of nitrogens with zero attached hydrogens (tertiary/aromatic N) is 1. The maximum absolute atomic E-state index is 11.0. The summed E-state index contributed by atoms with van der Waals surface area (Å²) in [5.74, 6) is 5.91. The molecule has 0 saturated heterocycles. The number of fused-ring (bicyclic) bond motifs is 1. The fourth-order valence-corrected chi connectivity index (χ4v) is 4.40. The third-order valence-electron chi connectivity index (χ3n) is 6.31. The third-order valence-corrected chi connectivity index (χ3v) is 6.31. The van der Waals surface area contributed by atoms with Crippen molar-refractivity contribution in [1.29, 1.82) is 0 Å². The Bertz CT molecular complexity index is 1220. The van der Waals surface area contributed by atoms with Gasteiger partial charge in [-0.2, -0.15) is 13.5 Å². The van der Waals surface area contributed by atoms with Crippen molar-refractivity contribution in [3.8, 4) is 23.3 Å². The van der Waals surface area contributed by atoms with Crippen molar-refractivity contribution < 1.29 is 48.9 Å². The van der Waals surface area contributed by atoms with Crippen molar-refractivity contribution >= 4 is 19.5 Å². The normalized spacial score (nSPS) is 13.0. The summed E-state index contributed by atoms with van der Waals surface area (Å²) in [4.78, 5) is 13.5. The fraction of sp³-hybridized carbons (Fsp3) is 0.300. The maximum Gasteiger partial charge on any atom is 1.00 e. The Hall–Kier alpha value is -2.40. The first-order valence-corrected chi connectivity index (χ1v) is 11.8. The summed E-state index contributed by atoms with van der Waals surface area (Å²) in [5, 5.41) is 11.0. The van der Waals surface area contributed by atoms with Gasteiger partial charge in [-0.25, -0.2) is 0 Å². The van der Waals surface area contributed by atoms with Crippen LogP contribution in [0.4, 0.5) is 0 Å². The van der Waals surface area contributed by atoms with Crippen LogP contribution in [-0.2, 0) is 30.9 Å². The smallest absolute Gasteiger partial charge is 0.550 e. The summed E-state index contributed by atoms with van der Waals surface area (Å²) in [7, 11) is 1.71. The Morgan fingerprint density at radius 3 is 2.32 bits per heavy atom. The molecule has 3 aromatic rings. The molecule has 0 radical (unpaired) electrons. The Morgan fingerprint density at radius 2 is 1.68 bits per heavy atom.